The van der Waals surface area contributed by atoms with Gasteiger partial charge in [0.05, 0.1) is 12.9 Å². The van der Waals surface area contributed by atoms with E-state index in [1.165, 1.54) is 18.7 Å². The van der Waals surface area contributed by atoms with E-state index in [9.17, 15) is 9.59 Å². The lowest BCUT2D eigenvalue weighted by molar-refractivity contribution is -0.113. The van der Waals surface area contributed by atoms with Crippen molar-refractivity contribution in [3.8, 4) is 17.2 Å². The quantitative estimate of drug-likeness (QED) is 0.253. The molecule has 0 aliphatic rings. The van der Waals surface area contributed by atoms with Gasteiger partial charge in [0.15, 0.2) is 16.8 Å². The maximum absolute atomic E-state index is 12.6. The summed E-state index contributed by atoms with van der Waals surface area (Å²) in [6, 6.07) is 23.8. The van der Waals surface area contributed by atoms with E-state index >= 15 is 0 Å². The molecule has 0 bridgehead atoms. The Morgan fingerprint density at radius 1 is 0.943 bits per heavy atom. The van der Waals surface area contributed by atoms with Crippen molar-refractivity contribution < 1.29 is 19.1 Å². The number of Topliss-reactive ketones (excluding diaryl/α,β-unsaturated/α-hetero) is 1. The number of hydrogen-bond donors (Lipinski definition) is 1. The second-order valence-electron chi connectivity index (χ2n) is 7.51. The maximum Gasteiger partial charge on any atom is 0.234 e. The summed E-state index contributed by atoms with van der Waals surface area (Å²) in [5, 5.41) is 12.0. The largest absolute Gasteiger partial charge is 0.497 e. The van der Waals surface area contributed by atoms with E-state index in [1.807, 2.05) is 59.2 Å². The third kappa shape index (κ3) is 6.27. The molecule has 1 heterocycles. The molecule has 8 nitrogen and oxygen atoms in total. The number of amides is 1. The molecule has 0 radical (unpaired) electrons. The van der Waals surface area contributed by atoms with Crippen LogP contribution in [0.4, 0.5) is 5.69 Å². The van der Waals surface area contributed by atoms with Crippen LogP contribution in [0.15, 0.2) is 84.0 Å². The summed E-state index contributed by atoms with van der Waals surface area (Å²) in [7, 11) is 1.61. The fourth-order valence-corrected chi connectivity index (χ4v) is 4.06. The average molecular weight is 489 g/mol. The molecule has 178 valence electrons. The lowest BCUT2D eigenvalue weighted by Gasteiger charge is -2.11. The van der Waals surface area contributed by atoms with Gasteiger partial charge in [0.1, 0.15) is 18.1 Å². The highest BCUT2D eigenvalue weighted by Crippen LogP contribution is 2.24. The van der Waals surface area contributed by atoms with E-state index in [-0.39, 0.29) is 24.1 Å². The molecule has 1 amide bonds. The van der Waals surface area contributed by atoms with Crippen molar-refractivity contribution in [3.63, 3.8) is 0 Å². The van der Waals surface area contributed by atoms with Gasteiger partial charge in [0, 0.05) is 16.9 Å². The fourth-order valence-electron chi connectivity index (χ4n) is 3.29. The SMILES string of the molecule is COc1ccc(OCc2nnc(SCC(=O)Nc3cccc(C(C)=O)c3)n2-c2ccccc2)cc1. The van der Waals surface area contributed by atoms with Gasteiger partial charge in [-0.1, -0.05) is 42.1 Å². The average Bonchev–Trinajstić information content (AvgIpc) is 3.30. The van der Waals surface area contributed by atoms with Crippen molar-refractivity contribution in [1.29, 1.82) is 0 Å². The van der Waals surface area contributed by atoms with Crippen LogP contribution in [0.1, 0.15) is 23.1 Å². The topological polar surface area (TPSA) is 95.3 Å². The smallest absolute Gasteiger partial charge is 0.234 e. The number of hydrogen-bond acceptors (Lipinski definition) is 7. The molecule has 1 N–H and O–H groups in total. The Balaban J connectivity index is 1.47. The highest BCUT2D eigenvalue weighted by molar-refractivity contribution is 7.99. The molecular formula is C26H24N4O4S. The van der Waals surface area contributed by atoms with Gasteiger partial charge in [-0.15, -0.1) is 10.2 Å². The number of benzene rings is 3. The highest BCUT2D eigenvalue weighted by Gasteiger charge is 2.17. The number of methoxy groups -OCH3 is 1. The predicted octanol–water partition coefficient (Wildman–Crippen LogP) is 4.79. The van der Waals surface area contributed by atoms with Crippen molar-refractivity contribution in [3.05, 3.63) is 90.3 Å². The number of thioether (sulfide) groups is 1. The maximum atomic E-state index is 12.6. The predicted molar refractivity (Wildman–Crippen MR) is 134 cm³/mol. The molecule has 4 aromatic rings. The molecule has 0 saturated heterocycles. The minimum atomic E-state index is -0.214. The summed E-state index contributed by atoms with van der Waals surface area (Å²) in [4.78, 5) is 24.2. The zero-order valence-corrected chi connectivity index (χ0v) is 20.1. The monoisotopic (exact) mass is 488 g/mol. The number of para-hydroxylation sites is 1. The van der Waals surface area contributed by atoms with Crippen LogP contribution in [0, 0.1) is 0 Å². The van der Waals surface area contributed by atoms with Crippen LogP contribution in [0.3, 0.4) is 0 Å². The minimum absolute atomic E-state index is 0.0594. The summed E-state index contributed by atoms with van der Waals surface area (Å²) < 4.78 is 13.0. The minimum Gasteiger partial charge on any atom is -0.497 e. The molecule has 35 heavy (non-hydrogen) atoms. The second kappa shape index (κ2) is 11.3. The first-order valence-corrected chi connectivity index (χ1v) is 11.8. The summed E-state index contributed by atoms with van der Waals surface area (Å²) in [6.45, 7) is 1.68. The molecule has 0 aliphatic heterocycles. The van der Waals surface area contributed by atoms with Gasteiger partial charge in [0.2, 0.25) is 5.91 Å². The van der Waals surface area contributed by atoms with Gasteiger partial charge < -0.3 is 14.8 Å². The van der Waals surface area contributed by atoms with Gasteiger partial charge in [-0.2, -0.15) is 0 Å². The summed E-state index contributed by atoms with van der Waals surface area (Å²) >= 11 is 1.27. The van der Waals surface area contributed by atoms with Crippen molar-refractivity contribution in [2.24, 2.45) is 0 Å². The molecular weight excluding hydrogens is 464 g/mol. The molecule has 0 unspecified atom stereocenters. The number of ether oxygens (including phenoxy) is 2. The summed E-state index contributed by atoms with van der Waals surface area (Å²) in [6.07, 6.45) is 0. The zero-order chi connectivity index (χ0) is 24.6. The van der Waals surface area contributed by atoms with Crippen molar-refractivity contribution in [2.75, 3.05) is 18.2 Å². The van der Waals surface area contributed by atoms with Crippen LogP contribution >= 0.6 is 11.8 Å². The van der Waals surface area contributed by atoms with E-state index < -0.39 is 0 Å². The normalized spacial score (nSPS) is 10.6. The number of rotatable bonds is 10. The van der Waals surface area contributed by atoms with E-state index in [2.05, 4.69) is 15.5 Å². The van der Waals surface area contributed by atoms with Crippen LogP contribution in [0.5, 0.6) is 11.5 Å². The van der Waals surface area contributed by atoms with Crippen LogP contribution in [0.25, 0.3) is 5.69 Å². The Morgan fingerprint density at radius 2 is 1.69 bits per heavy atom. The van der Waals surface area contributed by atoms with Gasteiger partial charge in [-0.25, -0.2) is 0 Å². The molecule has 3 aromatic carbocycles. The number of nitrogens with zero attached hydrogens (tertiary/aromatic N) is 3. The Bertz CT molecular complexity index is 1310. The first-order chi connectivity index (χ1) is 17.0. The number of aromatic nitrogens is 3. The number of anilines is 1. The molecule has 0 aliphatic carbocycles. The Kier molecular flexibility index (Phi) is 7.79. The van der Waals surface area contributed by atoms with Crippen molar-refractivity contribution in [1.82, 2.24) is 14.8 Å². The molecule has 0 atom stereocenters. The molecule has 0 fully saturated rings. The van der Waals surface area contributed by atoms with Crippen molar-refractivity contribution in [2.45, 2.75) is 18.7 Å². The van der Waals surface area contributed by atoms with Crippen LogP contribution in [0.2, 0.25) is 0 Å². The lowest BCUT2D eigenvalue weighted by Crippen LogP contribution is -2.15. The first-order valence-electron chi connectivity index (χ1n) is 10.8. The zero-order valence-electron chi connectivity index (χ0n) is 19.3. The van der Waals surface area contributed by atoms with E-state index in [0.717, 1.165) is 11.4 Å². The molecule has 9 heteroatoms. The summed E-state index contributed by atoms with van der Waals surface area (Å²) in [5.74, 6) is 1.87. The van der Waals surface area contributed by atoms with Crippen molar-refractivity contribution >= 4 is 29.1 Å². The Morgan fingerprint density at radius 3 is 2.40 bits per heavy atom. The number of ketones is 1. The highest BCUT2D eigenvalue weighted by atomic mass is 32.2. The van der Waals surface area contributed by atoms with Gasteiger partial charge in [-0.05, 0) is 55.5 Å². The molecule has 0 saturated carbocycles. The summed E-state index contributed by atoms with van der Waals surface area (Å²) in [5.41, 5.74) is 1.98. The number of carbonyl (C=O) groups excluding carboxylic acids is 2. The van der Waals surface area contributed by atoms with Gasteiger partial charge in [-0.3, -0.25) is 14.2 Å². The van der Waals surface area contributed by atoms with E-state index in [0.29, 0.717) is 28.0 Å². The lowest BCUT2D eigenvalue weighted by atomic mass is 10.1. The number of carbonyl (C=O) groups is 2. The third-order valence-corrected chi connectivity index (χ3v) is 5.96. The van der Waals surface area contributed by atoms with Crippen LogP contribution in [-0.2, 0) is 11.4 Å². The van der Waals surface area contributed by atoms with Crippen LogP contribution < -0.4 is 14.8 Å². The third-order valence-electron chi connectivity index (χ3n) is 5.03. The molecule has 1 aromatic heterocycles. The van der Waals surface area contributed by atoms with Crippen LogP contribution in [-0.4, -0.2) is 39.3 Å². The Hall–Kier alpha value is -4.11. The molecule has 0 spiro atoms. The van der Waals surface area contributed by atoms with Gasteiger partial charge >= 0.3 is 0 Å². The standard InChI is InChI=1S/C26H24N4O4S/c1-18(31)19-7-6-8-20(15-19)27-25(32)17-35-26-29-28-24(30(26)21-9-4-3-5-10-21)16-34-23-13-11-22(33-2)12-14-23/h3-15H,16-17H2,1-2H3,(H,27,32). The molecule has 4 rings (SSSR count). The number of nitrogens with one attached hydrogen (secondary N) is 1. The van der Waals surface area contributed by atoms with Gasteiger partial charge in [0.25, 0.3) is 0 Å². The fraction of sp³-hybridized carbons (Fsp3) is 0.154. The Labute approximate surface area is 207 Å². The van der Waals surface area contributed by atoms with E-state index in [4.69, 9.17) is 9.47 Å². The van der Waals surface area contributed by atoms with E-state index in [1.54, 1.807) is 31.4 Å². The first kappa shape index (κ1) is 24.0. The second-order valence-corrected chi connectivity index (χ2v) is 8.45.